The van der Waals surface area contributed by atoms with Gasteiger partial charge in [0.2, 0.25) is 0 Å². The Labute approximate surface area is 110 Å². The smallest absolute Gasteiger partial charge is 0.167 e. The van der Waals surface area contributed by atoms with Crippen molar-refractivity contribution in [1.29, 1.82) is 0 Å². The largest absolute Gasteiger partial charge is 0.483 e. The van der Waals surface area contributed by atoms with Crippen LogP contribution in [-0.4, -0.2) is 22.4 Å². The van der Waals surface area contributed by atoms with Gasteiger partial charge in [-0.15, -0.1) is 0 Å². The zero-order valence-electron chi connectivity index (χ0n) is 9.76. The number of nitrogens with zero attached hydrogens (tertiary/aromatic N) is 2. The average Bonchev–Trinajstić information content (AvgIpc) is 2.38. The highest BCUT2D eigenvalue weighted by atomic mass is 35.5. The molecular weight excluding hydrogens is 252 g/mol. The Morgan fingerprint density at radius 3 is 2.56 bits per heavy atom. The maximum Gasteiger partial charge on any atom is 0.167 e. The monoisotopic (exact) mass is 262 g/mol. The number of ketones is 1. The number of aromatic nitrogens is 2. The summed E-state index contributed by atoms with van der Waals surface area (Å²) in [6, 6.07) is 7.33. The Morgan fingerprint density at radius 1 is 1.28 bits per heavy atom. The molecule has 1 aromatic heterocycles. The molecule has 0 fully saturated rings. The van der Waals surface area contributed by atoms with Crippen molar-refractivity contribution >= 4 is 17.4 Å². The van der Waals surface area contributed by atoms with Gasteiger partial charge in [0.15, 0.2) is 17.4 Å². The van der Waals surface area contributed by atoms with Gasteiger partial charge < -0.3 is 4.74 Å². The number of benzene rings is 1. The fourth-order valence-corrected chi connectivity index (χ4v) is 1.58. The SMILES string of the molecule is CC(=O)COc1cnc(-c2ccccc2Cl)nc1. The molecule has 5 heteroatoms. The first kappa shape index (κ1) is 12.5. The molecule has 0 aliphatic carbocycles. The van der Waals surface area contributed by atoms with E-state index in [9.17, 15) is 4.79 Å². The second-order valence-corrected chi connectivity index (χ2v) is 4.12. The molecule has 0 saturated carbocycles. The van der Waals surface area contributed by atoms with Crippen LogP contribution in [0.4, 0.5) is 0 Å². The fraction of sp³-hybridized carbons (Fsp3) is 0.154. The van der Waals surface area contributed by atoms with E-state index in [0.717, 1.165) is 5.56 Å². The molecule has 2 rings (SSSR count). The second-order valence-electron chi connectivity index (χ2n) is 3.71. The molecule has 2 aromatic rings. The highest BCUT2D eigenvalue weighted by molar-refractivity contribution is 6.33. The van der Waals surface area contributed by atoms with Gasteiger partial charge in [-0.25, -0.2) is 9.97 Å². The Kier molecular flexibility index (Phi) is 3.89. The number of ether oxygens (including phenoxy) is 1. The molecule has 1 heterocycles. The van der Waals surface area contributed by atoms with E-state index in [4.69, 9.17) is 16.3 Å². The molecule has 0 spiro atoms. The number of hydrogen-bond acceptors (Lipinski definition) is 4. The Morgan fingerprint density at radius 2 is 1.94 bits per heavy atom. The summed E-state index contributed by atoms with van der Waals surface area (Å²) in [5.41, 5.74) is 0.761. The fourth-order valence-electron chi connectivity index (χ4n) is 1.36. The van der Waals surface area contributed by atoms with Crippen molar-refractivity contribution in [1.82, 2.24) is 9.97 Å². The van der Waals surface area contributed by atoms with Gasteiger partial charge in [0.1, 0.15) is 6.61 Å². The topological polar surface area (TPSA) is 52.1 Å². The maximum absolute atomic E-state index is 10.8. The standard InChI is InChI=1S/C13H11ClN2O2/c1-9(17)8-18-10-6-15-13(16-7-10)11-4-2-3-5-12(11)14/h2-7H,8H2,1H3. The third-order valence-corrected chi connectivity index (χ3v) is 2.51. The minimum Gasteiger partial charge on any atom is -0.483 e. The van der Waals surface area contributed by atoms with Crippen LogP contribution < -0.4 is 4.74 Å². The summed E-state index contributed by atoms with van der Waals surface area (Å²) in [7, 11) is 0. The Hall–Kier alpha value is -1.94. The molecule has 1 aromatic carbocycles. The normalized spacial score (nSPS) is 10.1. The first-order valence-corrected chi connectivity index (χ1v) is 5.74. The first-order valence-electron chi connectivity index (χ1n) is 5.36. The molecule has 0 aliphatic rings. The molecule has 0 unspecified atom stereocenters. The van der Waals surface area contributed by atoms with Crippen LogP contribution in [0.5, 0.6) is 5.75 Å². The van der Waals surface area contributed by atoms with Crippen molar-refractivity contribution in [3.05, 3.63) is 41.7 Å². The minimum atomic E-state index is -0.0508. The van der Waals surface area contributed by atoms with Crippen molar-refractivity contribution in [2.75, 3.05) is 6.61 Å². The van der Waals surface area contributed by atoms with E-state index in [-0.39, 0.29) is 12.4 Å². The molecule has 4 nitrogen and oxygen atoms in total. The van der Waals surface area contributed by atoms with Gasteiger partial charge in [-0.05, 0) is 19.1 Å². The summed E-state index contributed by atoms with van der Waals surface area (Å²) < 4.78 is 5.18. The summed E-state index contributed by atoms with van der Waals surface area (Å²) in [5.74, 6) is 0.932. The molecule has 0 atom stereocenters. The van der Waals surface area contributed by atoms with Gasteiger partial charge in [-0.3, -0.25) is 4.79 Å². The molecular formula is C13H11ClN2O2. The van der Waals surface area contributed by atoms with E-state index >= 15 is 0 Å². The molecule has 0 radical (unpaired) electrons. The lowest BCUT2D eigenvalue weighted by molar-refractivity contribution is -0.118. The van der Waals surface area contributed by atoms with E-state index in [1.54, 1.807) is 6.07 Å². The van der Waals surface area contributed by atoms with Crippen LogP contribution in [-0.2, 0) is 4.79 Å². The van der Waals surface area contributed by atoms with Crippen LogP contribution in [0.3, 0.4) is 0 Å². The minimum absolute atomic E-state index is 0.0226. The molecule has 0 aliphatic heterocycles. The van der Waals surface area contributed by atoms with Crippen LogP contribution >= 0.6 is 11.6 Å². The number of carbonyl (C=O) groups is 1. The maximum atomic E-state index is 10.8. The van der Waals surface area contributed by atoms with Gasteiger partial charge in [-0.1, -0.05) is 23.7 Å². The van der Waals surface area contributed by atoms with E-state index in [0.29, 0.717) is 16.6 Å². The molecule has 0 amide bonds. The first-order chi connectivity index (χ1) is 8.66. The number of hydrogen-bond donors (Lipinski definition) is 0. The lowest BCUT2D eigenvalue weighted by atomic mass is 10.2. The van der Waals surface area contributed by atoms with Gasteiger partial charge in [0.05, 0.1) is 17.4 Å². The quantitative estimate of drug-likeness (QED) is 0.850. The number of halogens is 1. The number of rotatable bonds is 4. The zero-order valence-corrected chi connectivity index (χ0v) is 10.5. The summed E-state index contributed by atoms with van der Waals surface area (Å²) in [4.78, 5) is 19.1. The third-order valence-electron chi connectivity index (χ3n) is 2.19. The van der Waals surface area contributed by atoms with Gasteiger partial charge in [0, 0.05) is 5.56 Å². The van der Waals surface area contributed by atoms with Crippen LogP contribution in [0, 0.1) is 0 Å². The third kappa shape index (κ3) is 3.05. The molecule has 0 bridgehead atoms. The Balaban J connectivity index is 2.17. The summed E-state index contributed by atoms with van der Waals surface area (Å²) in [5, 5.41) is 0.593. The molecule has 18 heavy (non-hydrogen) atoms. The highest BCUT2D eigenvalue weighted by Gasteiger charge is 2.06. The van der Waals surface area contributed by atoms with Crippen LogP contribution in [0.2, 0.25) is 5.02 Å². The molecule has 0 N–H and O–H groups in total. The molecule has 0 saturated heterocycles. The predicted molar refractivity (Wildman–Crippen MR) is 68.7 cm³/mol. The predicted octanol–water partition coefficient (Wildman–Crippen LogP) is 2.76. The van der Waals surface area contributed by atoms with E-state index in [2.05, 4.69) is 9.97 Å². The van der Waals surface area contributed by atoms with Gasteiger partial charge >= 0.3 is 0 Å². The van der Waals surface area contributed by atoms with Crippen molar-refractivity contribution in [3.63, 3.8) is 0 Å². The zero-order chi connectivity index (χ0) is 13.0. The Bertz CT molecular complexity index is 555. The summed E-state index contributed by atoms with van der Waals surface area (Å²) in [6.07, 6.45) is 3.04. The van der Waals surface area contributed by atoms with E-state index < -0.39 is 0 Å². The van der Waals surface area contributed by atoms with Gasteiger partial charge in [-0.2, -0.15) is 0 Å². The number of carbonyl (C=O) groups excluding carboxylic acids is 1. The lowest BCUT2D eigenvalue weighted by Gasteiger charge is -2.05. The van der Waals surface area contributed by atoms with Crippen molar-refractivity contribution in [2.24, 2.45) is 0 Å². The summed E-state index contributed by atoms with van der Waals surface area (Å²) >= 11 is 6.05. The molecule has 92 valence electrons. The van der Waals surface area contributed by atoms with Crippen LogP contribution in [0.25, 0.3) is 11.4 Å². The lowest BCUT2D eigenvalue weighted by Crippen LogP contribution is -2.07. The number of Topliss-reactive ketones (excluding diaryl/α,β-unsaturated/α-hetero) is 1. The van der Waals surface area contributed by atoms with Crippen molar-refractivity contribution in [2.45, 2.75) is 6.92 Å². The van der Waals surface area contributed by atoms with Crippen LogP contribution in [0.15, 0.2) is 36.7 Å². The average molecular weight is 263 g/mol. The highest BCUT2D eigenvalue weighted by Crippen LogP contribution is 2.24. The van der Waals surface area contributed by atoms with Crippen molar-refractivity contribution in [3.8, 4) is 17.1 Å². The van der Waals surface area contributed by atoms with E-state index in [1.807, 2.05) is 18.2 Å². The van der Waals surface area contributed by atoms with Crippen LogP contribution in [0.1, 0.15) is 6.92 Å². The summed E-state index contributed by atoms with van der Waals surface area (Å²) in [6.45, 7) is 1.48. The van der Waals surface area contributed by atoms with Crippen molar-refractivity contribution < 1.29 is 9.53 Å². The van der Waals surface area contributed by atoms with Gasteiger partial charge in [0.25, 0.3) is 0 Å². The van der Waals surface area contributed by atoms with E-state index in [1.165, 1.54) is 19.3 Å². The second kappa shape index (κ2) is 5.60.